The first kappa shape index (κ1) is 19.3. The molecule has 3 atom stereocenters. The van der Waals surface area contributed by atoms with Gasteiger partial charge in [-0.25, -0.2) is 0 Å². The first-order valence-electron chi connectivity index (χ1n) is 11.2. The van der Waals surface area contributed by atoms with Crippen LogP contribution in [0.2, 0.25) is 0 Å². The molecule has 154 valence electrons. The molecule has 0 bridgehead atoms. The van der Waals surface area contributed by atoms with Crippen LogP contribution in [0.3, 0.4) is 0 Å². The summed E-state index contributed by atoms with van der Waals surface area (Å²) in [4.78, 5) is 22.3. The molecule has 4 heterocycles. The summed E-state index contributed by atoms with van der Waals surface area (Å²) in [7, 11) is 0. The minimum atomic E-state index is 0.181. The Bertz CT molecular complexity index is 803. The quantitative estimate of drug-likeness (QED) is 0.737. The lowest BCUT2D eigenvalue weighted by atomic mass is 9.81. The van der Waals surface area contributed by atoms with Crippen molar-refractivity contribution in [2.24, 2.45) is 11.8 Å². The highest BCUT2D eigenvalue weighted by Gasteiger charge is 2.47. The Hall–Kier alpha value is -1.72. The number of carbonyl (C=O) groups excluding carboxylic acids is 1. The normalized spacial score (nSPS) is 28.4. The Morgan fingerprint density at radius 3 is 2.66 bits per heavy atom. The van der Waals surface area contributed by atoms with Crippen LogP contribution in [-0.2, 0) is 0 Å². The number of nitrogens with zero attached hydrogens (tertiary/aromatic N) is 3. The van der Waals surface area contributed by atoms with Crippen molar-refractivity contribution in [1.82, 2.24) is 14.8 Å². The average Bonchev–Trinajstić information content (AvgIpc) is 3.42. The first-order valence-corrected chi connectivity index (χ1v) is 12.2. The Labute approximate surface area is 177 Å². The highest BCUT2D eigenvalue weighted by Crippen LogP contribution is 2.43. The summed E-state index contributed by atoms with van der Waals surface area (Å²) in [5.41, 5.74) is 2.20. The summed E-state index contributed by atoms with van der Waals surface area (Å²) in [5, 5.41) is 4.47. The molecule has 2 aromatic rings. The number of hydrogen-bond acceptors (Lipinski definition) is 4. The SMILES string of the molecule is O=C(c1ccncc1)N1C[C@@H](c2ccsc2)[C@@H]2CN(CC3CCCCC3)CC[C@@H]21. The first-order chi connectivity index (χ1) is 14.3. The molecule has 3 aliphatic rings. The zero-order chi connectivity index (χ0) is 19.6. The molecule has 0 spiro atoms. The molecule has 0 N–H and O–H groups in total. The predicted octanol–water partition coefficient (Wildman–Crippen LogP) is 4.65. The maximum Gasteiger partial charge on any atom is 0.254 e. The van der Waals surface area contributed by atoms with Crippen LogP contribution >= 0.6 is 11.3 Å². The smallest absolute Gasteiger partial charge is 0.254 e. The summed E-state index contributed by atoms with van der Waals surface area (Å²) >= 11 is 1.78. The minimum Gasteiger partial charge on any atom is -0.335 e. The minimum absolute atomic E-state index is 0.181. The molecular weight excluding hydrogens is 378 g/mol. The van der Waals surface area contributed by atoms with Gasteiger partial charge >= 0.3 is 0 Å². The Kier molecular flexibility index (Phi) is 5.69. The standard InChI is InChI=1S/C24H31N3OS/c28-24(19-6-10-25-11-7-19)27-16-21(20-9-13-29-17-20)22-15-26(12-8-23(22)27)14-18-4-2-1-3-5-18/h6-7,9-11,13,17-18,21-23H,1-5,8,12,14-16H2/t21-,22-,23-/m0/s1. The summed E-state index contributed by atoms with van der Waals surface area (Å²) in [6.07, 6.45) is 11.6. The molecule has 0 unspecified atom stereocenters. The highest BCUT2D eigenvalue weighted by molar-refractivity contribution is 7.08. The lowest BCUT2D eigenvalue weighted by Gasteiger charge is -2.40. The van der Waals surface area contributed by atoms with Gasteiger partial charge in [-0.3, -0.25) is 9.78 Å². The van der Waals surface area contributed by atoms with Gasteiger partial charge < -0.3 is 9.80 Å². The van der Waals surface area contributed by atoms with Crippen molar-refractivity contribution in [2.45, 2.75) is 50.5 Å². The number of piperidine rings is 1. The van der Waals surface area contributed by atoms with E-state index in [1.807, 2.05) is 12.1 Å². The van der Waals surface area contributed by atoms with Crippen molar-refractivity contribution in [1.29, 1.82) is 0 Å². The van der Waals surface area contributed by atoms with E-state index in [9.17, 15) is 4.79 Å². The summed E-state index contributed by atoms with van der Waals surface area (Å²) in [5.74, 6) is 2.08. The third-order valence-electron chi connectivity index (χ3n) is 7.42. The van der Waals surface area contributed by atoms with Crippen molar-refractivity contribution in [3.05, 3.63) is 52.5 Å². The molecule has 4 nitrogen and oxygen atoms in total. The van der Waals surface area contributed by atoms with Crippen LogP contribution < -0.4 is 0 Å². The third-order valence-corrected chi connectivity index (χ3v) is 8.12. The maximum absolute atomic E-state index is 13.3. The Balaban J connectivity index is 1.35. The summed E-state index contributed by atoms with van der Waals surface area (Å²) < 4.78 is 0. The summed E-state index contributed by atoms with van der Waals surface area (Å²) in [6, 6.07) is 6.34. The van der Waals surface area contributed by atoms with Crippen LogP contribution in [0.15, 0.2) is 41.4 Å². The molecule has 1 aliphatic carbocycles. The number of rotatable bonds is 4. The lowest BCUT2D eigenvalue weighted by Crippen LogP contribution is -2.49. The zero-order valence-electron chi connectivity index (χ0n) is 17.1. The van der Waals surface area contributed by atoms with Crippen molar-refractivity contribution >= 4 is 17.2 Å². The van der Waals surface area contributed by atoms with Crippen LogP contribution in [0.4, 0.5) is 0 Å². The van der Waals surface area contributed by atoms with E-state index < -0.39 is 0 Å². The van der Waals surface area contributed by atoms with Gasteiger partial charge in [-0.15, -0.1) is 0 Å². The fraction of sp³-hybridized carbons (Fsp3) is 0.583. The van der Waals surface area contributed by atoms with Crippen molar-refractivity contribution in [2.75, 3.05) is 26.2 Å². The zero-order valence-corrected chi connectivity index (χ0v) is 17.9. The van der Waals surface area contributed by atoms with E-state index in [0.29, 0.717) is 17.9 Å². The van der Waals surface area contributed by atoms with Gasteiger partial charge in [0.2, 0.25) is 0 Å². The average molecular weight is 410 g/mol. The molecular formula is C24H31N3OS. The number of fused-ring (bicyclic) bond motifs is 1. The highest BCUT2D eigenvalue weighted by atomic mass is 32.1. The summed E-state index contributed by atoms with van der Waals surface area (Å²) in [6.45, 7) is 4.39. The fourth-order valence-electron chi connectivity index (χ4n) is 5.94. The van der Waals surface area contributed by atoms with Crippen LogP contribution in [0, 0.1) is 11.8 Å². The number of carbonyl (C=O) groups is 1. The number of amides is 1. The van der Waals surface area contributed by atoms with E-state index in [-0.39, 0.29) is 5.91 Å². The molecule has 0 radical (unpaired) electrons. The molecule has 2 saturated heterocycles. The third kappa shape index (κ3) is 3.99. The number of pyridine rings is 1. The van der Waals surface area contributed by atoms with Crippen molar-refractivity contribution < 1.29 is 4.79 Å². The molecule has 5 heteroatoms. The van der Waals surface area contributed by atoms with Crippen LogP contribution in [0.1, 0.15) is 60.4 Å². The van der Waals surface area contributed by atoms with E-state index in [2.05, 4.69) is 31.6 Å². The second kappa shape index (κ2) is 8.57. The largest absolute Gasteiger partial charge is 0.335 e. The number of hydrogen-bond donors (Lipinski definition) is 0. The van der Waals surface area contributed by atoms with Gasteiger partial charge in [0.25, 0.3) is 5.91 Å². The maximum atomic E-state index is 13.3. The Morgan fingerprint density at radius 2 is 1.90 bits per heavy atom. The van der Waals surface area contributed by atoms with E-state index in [1.54, 1.807) is 23.7 Å². The van der Waals surface area contributed by atoms with Gasteiger partial charge in [0.05, 0.1) is 0 Å². The topological polar surface area (TPSA) is 36.4 Å². The van der Waals surface area contributed by atoms with Gasteiger partial charge in [0.15, 0.2) is 0 Å². The lowest BCUT2D eigenvalue weighted by molar-refractivity contribution is 0.0591. The molecule has 1 amide bonds. The number of likely N-dealkylation sites (tertiary alicyclic amines) is 2. The monoisotopic (exact) mass is 409 g/mol. The number of aromatic nitrogens is 1. The molecule has 0 aromatic carbocycles. The van der Waals surface area contributed by atoms with E-state index in [0.717, 1.165) is 37.5 Å². The van der Waals surface area contributed by atoms with Crippen LogP contribution in [-0.4, -0.2) is 52.9 Å². The van der Waals surface area contributed by atoms with Gasteiger partial charge in [0.1, 0.15) is 0 Å². The fourth-order valence-corrected chi connectivity index (χ4v) is 6.66. The van der Waals surface area contributed by atoms with E-state index >= 15 is 0 Å². The second-order valence-electron chi connectivity index (χ2n) is 9.14. The van der Waals surface area contributed by atoms with Crippen LogP contribution in [0.5, 0.6) is 0 Å². The molecule has 29 heavy (non-hydrogen) atoms. The van der Waals surface area contributed by atoms with E-state index in [4.69, 9.17) is 0 Å². The van der Waals surface area contributed by atoms with Crippen molar-refractivity contribution in [3.63, 3.8) is 0 Å². The Morgan fingerprint density at radius 1 is 1.07 bits per heavy atom. The van der Waals surface area contributed by atoms with Crippen molar-refractivity contribution in [3.8, 4) is 0 Å². The number of thiophene rings is 1. The van der Waals surface area contributed by atoms with Gasteiger partial charge in [-0.05, 0) is 59.7 Å². The molecule has 2 aromatic heterocycles. The molecule has 1 saturated carbocycles. The van der Waals surface area contributed by atoms with Gasteiger partial charge in [-0.2, -0.15) is 11.3 Å². The molecule has 2 aliphatic heterocycles. The van der Waals surface area contributed by atoms with Gasteiger partial charge in [-0.1, -0.05) is 19.3 Å². The van der Waals surface area contributed by atoms with E-state index in [1.165, 1.54) is 44.2 Å². The molecule has 5 rings (SSSR count). The predicted molar refractivity (Wildman–Crippen MR) is 117 cm³/mol. The van der Waals surface area contributed by atoms with Gasteiger partial charge in [0, 0.05) is 62.0 Å². The van der Waals surface area contributed by atoms with Crippen LogP contribution in [0.25, 0.3) is 0 Å². The second-order valence-corrected chi connectivity index (χ2v) is 9.92. The molecule has 3 fully saturated rings.